The van der Waals surface area contributed by atoms with Gasteiger partial charge in [-0.3, -0.25) is 0 Å². The SMILES string of the molecule is C1=CCCC(N(C2=CC=CC3C=CC=CC23)c2ccc(-c3ccc(N(C4=CC=CC5C=CC=CC45)c4ccccc4)cc3)cc2)=C1. The molecule has 3 aromatic carbocycles. The van der Waals surface area contributed by atoms with E-state index in [0.29, 0.717) is 23.7 Å². The van der Waals surface area contributed by atoms with Gasteiger partial charge >= 0.3 is 0 Å². The molecule has 224 valence electrons. The lowest BCUT2D eigenvalue weighted by molar-refractivity contribution is 0.604. The molecule has 4 unspecified atom stereocenters. The van der Waals surface area contributed by atoms with Crippen LogP contribution < -0.4 is 9.80 Å². The zero-order valence-corrected chi connectivity index (χ0v) is 25.9. The minimum Gasteiger partial charge on any atom is -0.317 e. The molecule has 0 saturated carbocycles. The van der Waals surface area contributed by atoms with Gasteiger partial charge in [0, 0.05) is 57.8 Å². The standard InChI is InChI=1S/C44H38N2/c1-3-17-37(18-4-1)45(43-23-11-15-35-13-7-9-21-41(35)43)39-29-25-33(26-30-39)34-27-31-40(32-28-34)46(38-19-5-2-6-20-38)44-24-12-16-36-14-8-10-22-42(36)44/h1-5,7-19,21-32,35-36,41-42H,6,20H2. The molecule has 2 heteroatoms. The summed E-state index contributed by atoms with van der Waals surface area (Å²) in [5, 5.41) is 0. The summed E-state index contributed by atoms with van der Waals surface area (Å²) in [4.78, 5) is 4.91. The van der Waals surface area contributed by atoms with Gasteiger partial charge in [-0.25, -0.2) is 0 Å². The second-order valence-electron chi connectivity index (χ2n) is 12.4. The number of fused-ring (bicyclic) bond motifs is 2. The molecule has 0 fully saturated rings. The Balaban J connectivity index is 1.10. The molecule has 0 saturated heterocycles. The summed E-state index contributed by atoms with van der Waals surface area (Å²) in [6.45, 7) is 0. The van der Waals surface area contributed by atoms with Crippen LogP contribution in [0.15, 0.2) is 199 Å². The Hall–Kier alpha value is -5.34. The van der Waals surface area contributed by atoms with Gasteiger partial charge in [-0.2, -0.15) is 0 Å². The molecule has 0 N–H and O–H groups in total. The lowest BCUT2D eigenvalue weighted by Gasteiger charge is -2.38. The first-order valence-electron chi connectivity index (χ1n) is 16.5. The molecule has 3 aromatic rings. The summed E-state index contributed by atoms with van der Waals surface area (Å²) in [7, 11) is 0. The van der Waals surface area contributed by atoms with Crippen molar-refractivity contribution in [3.8, 4) is 11.1 Å². The van der Waals surface area contributed by atoms with Crippen molar-refractivity contribution in [2.45, 2.75) is 12.8 Å². The van der Waals surface area contributed by atoms with E-state index in [1.54, 1.807) is 0 Å². The molecule has 0 bridgehead atoms. The van der Waals surface area contributed by atoms with E-state index in [1.807, 2.05) is 0 Å². The van der Waals surface area contributed by atoms with Gasteiger partial charge in [0.25, 0.3) is 0 Å². The Morgan fingerprint density at radius 1 is 0.435 bits per heavy atom. The maximum Gasteiger partial charge on any atom is 0.0459 e. The topological polar surface area (TPSA) is 6.48 Å². The fourth-order valence-corrected chi connectivity index (χ4v) is 7.33. The number of hydrogen-bond acceptors (Lipinski definition) is 2. The first-order valence-corrected chi connectivity index (χ1v) is 16.5. The van der Waals surface area contributed by atoms with E-state index in [4.69, 9.17) is 0 Å². The molecular formula is C44H38N2. The van der Waals surface area contributed by atoms with Crippen LogP contribution in [0.4, 0.5) is 17.1 Å². The van der Waals surface area contributed by atoms with Crippen molar-refractivity contribution in [2.75, 3.05) is 9.80 Å². The lowest BCUT2D eigenvalue weighted by atomic mass is 9.81. The zero-order chi connectivity index (χ0) is 30.7. The molecule has 0 aliphatic heterocycles. The average Bonchev–Trinajstić information content (AvgIpc) is 3.14. The van der Waals surface area contributed by atoms with E-state index in [1.165, 1.54) is 45.3 Å². The number of allylic oxidation sites excluding steroid dienone is 18. The Kier molecular flexibility index (Phi) is 7.70. The van der Waals surface area contributed by atoms with Gasteiger partial charge < -0.3 is 9.80 Å². The van der Waals surface area contributed by atoms with Gasteiger partial charge in [0.15, 0.2) is 0 Å². The predicted molar refractivity (Wildman–Crippen MR) is 194 cm³/mol. The number of para-hydroxylation sites is 1. The first kappa shape index (κ1) is 28.2. The van der Waals surface area contributed by atoms with Crippen LogP contribution in [0.1, 0.15) is 12.8 Å². The minimum absolute atomic E-state index is 0.310. The third-order valence-electron chi connectivity index (χ3n) is 9.63. The fraction of sp³-hybridized carbons (Fsp3) is 0.136. The van der Waals surface area contributed by atoms with Crippen LogP contribution in [-0.2, 0) is 0 Å². The highest BCUT2D eigenvalue weighted by molar-refractivity contribution is 5.75. The minimum atomic E-state index is 0.310. The third kappa shape index (κ3) is 5.41. The molecule has 0 spiro atoms. The monoisotopic (exact) mass is 594 g/mol. The van der Waals surface area contributed by atoms with Crippen LogP contribution in [0.25, 0.3) is 11.1 Å². The van der Waals surface area contributed by atoms with Gasteiger partial charge in [-0.05, 0) is 78.6 Å². The summed E-state index contributed by atoms with van der Waals surface area (Å²) in [5.41, 5.74) is 9.96. The molecular weight excluding hydrogens is 556 g/mol. The lowest BCUT2D eigenvalue weighted by Crippen LogP contribution is -2.31. The van der Waals surface area contributed by atoms with Crippen molar-refractivity contribution in [1.29, 1.82) is 0 Å². The van der Waals surface area contributed by atoms with Gasteiger partial charge in [0.05, 0.1) is 0 Å². The summed E-state index contributed by atoms with van der Waals surface area (Å²) >= 11 is 0. The molecule has 0 radical (unpaired) electrons. The van der Waals surface area contributed by atoms with E-state index in [0.717, 1.165) is 12.8 Å². The number of hydrogen-bond donors (Lipinski definition) is 0. The Morgan fingerprint density at radius 3 is 1.50 bits per heavy atom. The van der Waals surface area contributed by atoms with Crippen LogP contribution in [0.2, 0.25) is 0 Å². The van der Waals surface area contributed by atoms with Crippen molar-refractivity contribution in [3.63, 3.8) is 0 Å². The van der Waals surface area contributed by atoms with Crippen molar-refractivity contribution >= 4 is 17.1 Å². The van der Waals surface area contributed by atoms with Gasteiger partial charge in [0.1, 0.15) is 0 Å². The highest BCUT2D eigenvalue weighted by atomic mass is 15.2. The normalized spacial score (nSPS) is 23.7. The van der Waals surface area contributed by atoms with E-state index >= 15 is 0 Å². The summed E-state index contributed by atoms with van der Waals surface area (Å²) in [5.74, 6) is 1.43. The van der Waals surface area contributed by atoms with E-state index in [9.17, 15) is 0 Å². The molecule has 4 atom stereocenters. The van der Waals surface area contributed by atoms with Crippen LogP contribution in [0, 0.1) is 23.7 Å². The number of rotatable bonds is 7. The molecule has 5 aliphatic carbocycles. The van der Waals surface area contributed by atoms with Crippen LogP contribution in [0.5, 0.6) is 0 Å². The smallest absolute Gasteiger partial charge is 0.0459 e. The van der Waals surface area contributed by atoms with Crippen molar-refractivity contribution in [3.05, 3.63) is 199 Å². The highest BCUT2D eigenvalue weighted by Crippen LogP contribution is 2.42. The van der Waals surface area contributed by atoms with Gasteiger partial charge in [0.2, 0.25) is 0 Å². The number of benzene rings is 3. The first-order chi connectivity index (χ1) is 22.8. The van der Waals surface area contributed by atoms with Crippen LogP contribution in [0.3, 0.4) is 0 Å². The zero-order valence-electron chi connectivity index (χ0n) is 25.9. The summed E-state index contributed by atoms with van der Waals surface area (Å²) in [6.07, 6.45) is 40.5. The van der Waals surface area contributed by atoms with E-state index < -0.39 is 0 Å². The number of anilines is 3. The average molecular weight is 595 g/mol. The molecule has 2 nitrogen and oxygen atoms in total. The van der Waals surface area contributed by atoms with Crippen molar-refractivity contribution in [1.82, 2.24) is 0 Å². The van der Waals surface area contributed by atoms with Gasteiger partial charge in [-0.15, -0.1) is 0 Å². The Bertz CT molecular complexity index is 1890. The summed E-state index contributed by atoms with van der Waals surface area (Å²) < 4.78 is 0. The van der Waals surface area contributed by atoms with Crippen LogP contribution in [-0.4, -0.2) is 0 Å². The Morgan fingerprint density at radius 2 is 0.935 bits per heavy atom. The molecule has 5 aliphatic rings. The maximum atomic E-state index is 2.49. The molecule has 8 rings (SSSR count). The second-order valence-corrected chi connectivity index (χ2v) is 12.4. The van der Waals surface area contributed by atoms with Gasteiger partial charge in [-0.1, -0.05) is 128 Å². The van der Waals surface area contributed by atoms with Crippen LogP contribution >= 0.6 is 0 Å². The summed E-state index contributed by atoms with van der Waals surface area (Å²) in [6, 6.07) is 28.9. The predicted octanol–water partition coefficient (Wildman–Crippen LogP) is 11.2. The quantitative estimate of drug-likeness (QED) is 0.268. The molecule has 46 heavy (non-hydrogen) atoms. The Labute approximate surface area is 273 Å². The van der Waals surface area contributed by atoms with Crippen molar-refractivity contribution in [2.24, 2.45) is 23.7 Å². The molecule has 0 heterocycles. The third-order valence-corrected chi connectivity index (χ3v) is 9.63. The van der Waals surface area contributed by atoms with E-state index in [2.05, 4.69) is 192 Å². The van der Waals surface area contributed by atoms with Crippen molar-refractivity contribution < 1.29 is 0 Å². The molecule has 0 aromatic heterocycles. The second kappa shape index (κ2) is 12.6. The largest absolute Gasteiger partial charge is 0.317 e. The maximum absolute atomic E-state index is 2.49. The van der Waals surface area contributed by atoms with E-state index in [-0.39, 0.29) is 0 Å². The number of nitrogens with zero attached hydrogens (tertiary/aromatic N) is 2. The fourth-order valence-electron chi connectivity index (χ4n) is 7.33. The highest BCUT2D eigenvalue weighted by Gasteiger charge is 2.30. The molecule has 0 amide bonds.